The van der Waals surface area contributed by atoms with E-state index in [2.05, 4.69) is 6.58 Å². The summed E-state index contributed by atoms with van der Waals surface area (Å²) in [4.78, 5) is 0. The van der Waals surface area contributed by atoms with E-state index in [1.807, 2.05) is 31.2 Å². The molecule has 1 aromatic rings. The van der Waals surface area contributed by atoms with E-state index in [1.165, 1.54) is 0 Å². The maximum absolute atomic E-state index is 9.85. The summed E-state index contributed by atoms with van der Waals surface area (Å²) in [6.07, 6.45) is 1.75. The minimum atomic E-state index is -0.549. The third-order valence-electron chi connectivity index (χ3n) is 2.60. The normalized spacial score (nSPS) is 17.2. The summed E-state index contributed by atoms with van der Waals surface area (Å²) in [6, 6.07) is 7.66. The Labute approximate surface area is 90.2 Å². The highest BCUT2D eigenvalue weighted by Crippen LogP contribution is 2.45. The van der Waals surface area contributed by atoms with Crippen molar-refractivity contribution in [3.05, 3.63) is 42.0 Å². The van der Waals surface area contributed by atoms with E-state index in [0.717, 1.165) is 29.7 Å². The van der Waals surface area contributed by atoms with Crippen LogP contribution in [-0.4, -0.2) is 11.7 Å². The molecule has 0 bridgehead atoms. The minimum Gasteiger partial charge on any atom is -0.489 e. The first-order valence-corrected chi connectivity index (χ1v) is 5.20. The lowest BCUT2D eigenvalue weighted by Crippen LogP contribution is -2.04. The molecule has 1 aliphatic carbocycles. The van der Waals surface area contributed by atoms with E-state index in [0.29, 0.717) is 6.61 Å². The van der Waals surface area contributed by atoms with E-state index in [-0.39, 0.29) is 0 Å². The fraction of sp³-hybridized carbons (Fsp3) is 0.385. The maximum Gasteiger partial charge on any atom is 0.119 e. The van der Waals surface area contributed by atoms with Gasteiger partial charge in [0.2, 0.25) is 0 Å². The van der Waals surface area contributed by atoms with Gasteiger partial charge in [-0.2, -0.15) is 0 Å². The van der Waals surface area contributed by atoms with Gasteiger partial charge in [-0.3, -0.25) is 0 Å². The fourth-order valence-corrected chi connectivity index (χ4v) is 1.48. The Balaban J connectivity index is 2.01. The number of aliphatic hydroxyl groups is 1. The van der Waals surface area contributed by atoms with Gasteiger partial charge in [0.15, 0.2) is 0 Å². The Bertz CT molecular complexity index is 361. The van der Waals surface area contributed by atoms with Gasteiger partial charge in [0, 0.05) is 0 Å². The molecule has 80 valence electrons. The van der Waals surface area contributed by atoms with Gasteiger partial charge < -0.3 is 9.84 Å². The minimum absolute atomic E-state index is 0.545. The zero-order chi connectivity index (χ0) is 10.9. The fourth-order valence-electron chi connectivity index (χ4n) is 1.48. The molecule has 1 N–H and O–H groups in total. The molecule has 0 aliphatic heterocycles. The van der Waals surface area contributed by atoms with Crippen LogP contribution in [0.1, 0.15) is 25.3 Å². The van der Waals surface area contributed by atoms with Crippen LogP contribution in [0.4, 0.5) is 0 Å². The van der Waals surface area contributed by atoms with E-state index in [9.17, 15) is 5.11 Å². The molecule has 0 radical (unpaired) electrons. The van der Waals surface area contributed by atoms with Crippen LogP contribution in [-0.2, 0) is 5.60 Å². The van der Waals surface area contributed by atoms with Gasteiger partial charge in [0.25, 0.3) is 0 Å². The largest absolute Gasteiger partial charge is 0.489 e. The molecule has 1 fully saturated rings. The number of hydrogen-bond donors (Lipinski definition) is 1. The first-order chi connectivity index (χ1) is 7.10. The van der Waals surface area contributed by atoms with Gasteiger partial charge in [-0.25, -0.2) is 0 Å². The van der Waals surface area contributed by atoms with Gasteiger partial charge in [0.1, 0.15) is 12.4 Å². The van der Waals surface area contributed by atoms with Gasteiger partial charge in [0.05, 0.1) is 5.60 Å². The van der Waals surface area contributed by atoms with Crippen LogP contribution in [0.5, 0.6) is 5.75 Å². The third kappa shape index (κ3) is 2.39. The summed E-state index contributed by atoms with van der Waals surface area (Å²) >= 11 is 0. The zero-order valence-electron chi connectivity index (χ0n) is 8.99. The van der Waals surface area contributed by atoms with Gasteiger partial charge in [-0.1, -0.05) is 18.7 Å². The first-order valence-electron chi connectivity index (χ1n) is 5.20. The van der Waals surface area contributed by atoms with Crippen molar-refractivity contribution >= 4 is 0 Å². The second-order valence-corrected chi connectivity index (χ2v) is 4.30. The molecule has 0 atom stereocenters. The quantitative estimate of drug-likeness (QED) is 0.764. The highest BCUT2D eigenvalue weighted by atomic mass is 16.5. The van der Waals surface area contributed by atoms with Crippen LogP contribution in [0.15, 0.2) is 36.4 Å². The molecule has 1 aliphatic rings. The molecule has 1 aromatic carbocycles. The number of rotatable bonds is 4. The van der Waals surface area contributed by atoms with Crippen LogP contribution >= 0.6 is 0 Å². The summed E-state index contributed by atoms with van der Waals surface area (Å²) in [5.74, 6) is 0.825. The Morgan fingerprint density at radius 1 is 1.40 bits per heavy atom. The smallest absolute Gasteiger partial charge is 0.119 e. The van der Waals surface area contributed by atoms with Crippen molar-refractivity contribution in [1.29, 1.82) is 0 Å². The van der Waals surface area contributed by atoms with Crippen molar-refractivity contribution in [1.82, 2.24) is 0 Å². The highest BCUT2D eigenvalue weighted by molar-refractivity contribution is 5.33. The number of ether oxygens (including phenoxy) is 1. The monoisotopic (exact) mass is 204 g/mol. The molecule has 0 spiro atoms. The zero-order valence-corrected chi connectivity index (χ0v) is 8.99. The van der Waals surface area contributed by atoms with E-state index in [1.54, 1.807) is 0 Å². The summed E-state index contributed by atoms with van der Waals surface area (Å²) < 4.78 is 5.47. The molecular formula is C13H16O2. The average molecular weight is 204 g/mol. The van der Waals surface area contributed by atoms with Crippen molar-refractivity contribution in [2.24, 2.45) is 0 Å². The Hall–Kier alpha value is -1.28. The number of benzene rings is 1. The van der Waals surface area contributed by atoms with Crippen LogP contribution in [0, 0.1) is 0 Å². The lowest BCUT2D eigenvalue weighted by atomic mass is 10.1. The molecule has 2 heteroatoms. The van der Waals surface area contributed by atoms with Crippen molar-refractivity contribution < 1.29 is 9.84 Å². The second-order valence-electron chi connectivity index (χ2n) is 4.30. The summed E-state index contributed by atoms with van der Waals surface area (Å²) in [7, 11) is 0. The van der Waals surface area contributed by atoms with Gasteiger partial charge in [-0.05, 0) is 43.0 Å². The molecular weight excluding hydrogens is 188 g/mol. The molecule has 1 saturated carbocycles. The van der Waals surface area contributed by atoms with Crippen LogP contribution in [0.25, 0.3) is 0 Å². The topological polar surface area (TPSA) is 29.5 Å². The standard InChI is InChI=1S/C13H16O2/c1-10(2)9-15-12-5-3-11(4-6-12)13(14)7-8-13/h3-6,14H,1,7-9H2,2H3. The third-order valence-corrected chi connectivity index (χ3v) is 2.60. The Kier molecular flexibility index (Phi) is 2.53. The van der Waals surface area contributed by atoms with Gasteiger partial charge >= 0.3 is 0 Å². The molecule has 0 amide bonds. The molecule has 0 saturated heterocycles. The summed E-state index contributed by atoms with van der Waals surface area (Å²) in [5.41, 5.74) is 1.44. The lowest BCUT2D eigenvalue weighted by molar-refractivity contribution is 0.151. The van der Waals surface area contributed by atoms with E-state index in [4.69, 9.17) is 4.74 Å². The molecule has 2 rings (SSSR count). The molecule has 15 heavy (non-hydrogen) atoms. The van der Waals surface area contributed by atoms with Crippen LogP contribution < -0.4 is 4.74 Å². The predicted molar refractivity (Wildman–Crippen MR) is 59.9 cm³/mol. The second kappa shape index (κ2) is 3.70. The summed E-state index contributed by atoms with van der Waals surface area (Å²) in [5, 5.41) is 9.85. The first kappa shape index (κ1) is 10.2. The lowest BCUT2D eigenvalue weighted by Gasteiger charge is -2.10. The van der Waals surface area contributed by atoms with Crippen molar-refractivity contribution in [3.8, 4) is 5.75 Å². The SMILES string of the molecule is C=C(C)COc1ccc(C2(O)CC2)cc1. The van der Waals surface area contributed by atoms with Gasteiger partial charge in [-0.15, -0.1) is 0 Å². The average Bonchev–Trinajstić information content (AvgIpc) is 2.96. The van der Waals surface area contributed by atoms with Crippen LogP contribution in [0.3, 0.4) is 0 Å². The molecule has 0 unspecified atom stereocenters. The predicted octanol–water partition coefficient (Wildman–Crippen LogP) is 2.62. The highest BCUT2D eigenvalue weighted by Gasteiger charge is 2.41. The van der Waals surface area contributed by atoms with Crippen molar-refractivity contribution in [2.45, 2.75) is 25.4 Å². The van der Waals surface area contributed by atoms with Crippen LogP contribution in [0.2, 0.25) is 0 Å². The van der Waals surface area contributed by atoms with E-state index < -0.39 is 5.60 Å². The molecule has 2 nitrogen and oxygen atoms in total. The van der Waals surface area contributed by atoms with E-state index >= 15 is 0 Å². The molecule has 0 heterocycles. The maximum atomic E-state index is 9.85. The Morgan fingerprint density at radius 3 is 2.47 bits per heavy atom. The number of hydrogen-bond acceptors (Lipinski definition) is 2. The van der Waals surface area contributed by atoms with Crippen molar-refractivity contribution in [2.75, 3.05) is 6.61 Å². The molecule has 0 aromatic heterocycles. The Morgan fingerprint density at radius 2 is 2.00 bits per heavy atom. The summed E-state index contributed by atoms with van der Waals surface area (Å²) in [6.45, 7) is 6.25. The van der Waals surface area contributed by atoms with Crippen molar-refractivity contribution in [3.63, 3.8) is 0 Å².